The van der Waals surface area contributed by atoms with Gasteiger partial charge in [0.25, 0.3) is 11.1 Å². The van der Waals surface area contributed by atoms with Gasteiger partial charge >= 0.3 is 0 Å². The predicted molar refractivity (Wildman–Crippen MR) is 117 cm³/mol. The van der Waals surface area contributed by atoms with Crippen LogP contribution in [-0.4, -0.2) is 37.4 Å². The summed E-state index contributed by atoms with van der Waals surface area (Å²) in [5.41, 5.74) is 1.52. The van der Waals surface area contributed by atoms with Gasteiger partial charge in [0.1, 0.15) is 0 Å². The third-order valence-corrected chi connectivity index (χ3v) is 5.78. The van der Waals surface area contributed by atoms with E-state index in [1.54, 1.807) is 18.2 Å². The molecule has 28 heavy (non-hydrogen) atoms. The molecule has 0 radical (unpaired) electrons. The van der Waals surface area contributed by atoms with Crippen LogP contribution in [0.15, 0.2) is 41.3 Å². The van der Waals surface area contributed by atoms with Crippen LogP contribution in [0.25, 0.3) is 6.08 Å². The van der Waals surface area contributed by atoms with E-state index in [-0.39, 0.29) is 17.7 Å². The minimum atomic E-state index is -0.328. The van der Waals surface area contributed by atoms with E-state index in [0.717, 1.165) is 20.9 Å². The van der Waals surface area contributed by atoms with Crippen molar-refractivity contribution in [3.8, 4) is 17.2 Å². The molecule has 0 bridgehead atoms. The summed E-state index contributed by atoms with van der Waals surface area (Å²) in [6, 6.07) is 11.2. The molecular formula is C20H18INO5S. The Morgan fingerprint density at radius 2 is 1.64 bits per heavy atom. The zero-order chi connectivity index (χ0) is 20.3. The molecule has 1 aliphatic heterocycles. The molecule has 0 spiro atoms. The van der Waals surface area contributed by atoms with Crippen molar-refractivity contribution in [1.29, 1.82) is 0 Å². The number of thioether (sulfide) groups is 1. The van der Waals surface area contributed by atoms with Crippen molar-refractivity contribution in [3.05, 3.63) is 56.0 Å². The van der Waals surface area contributed by atoms with Gasteiger partial charge in [-0.15, -0.1) is 0 Å². The number of ether oxygens (including phenoxy) is 3. The highest BCUT2D eigenvalue weighted by atomic mass is 127. The normalized spacial score (nSPS) is 15.3. The van der Waals surface area contributed by atoms with Gasteiger partial charge in [-0.05, 0) is 70.3 Å². The van der Waals surface area contributed by atoms with Gasteiger partial charge < -0.3 is 14.2 Å². The Morgan fingerprint density at radius 3 is 2.25 bits per heavy atom. The van der Waals surface area contributed by atoms with Crippen molar-refractivity contribution >= 4 is 51.6 Å². The fraction of sp³-hybridized carbons (Fsp3) is 0.200. The average molecular weight is 511 g/mol. The van der Waals surface area contributed by atoms with E-state index in [0.29, 0.717) is 27.7 Å². The fourth-order valence-corrected chi connectivity index (χ4v) is 3.98. The highest BCUT2D eigenvalue weighted by Crippen LogP contribution is 2.42. The molecule has 0 aromatic heterocycles. The summed E-state index contributed by atoms with van der Waals surface area (Å²) in [5, 5.41) is -0.297. The summed E-state index contributed by atoms with van der Waals surface area (Å²) in [6.07, 6.45) is 1.64. The van der Waals surface area contributed by atoms with E-state index < -0.39 is 0 Å². The van der Waals surface area contributed by atoms with Crippen molar-refractivity contribution < 1.29 is 23.8 Å². The first kappa shape index (κ1) is 20.5. The number of hydrogen-bond donors (Lipinski definition) is 0. The molecule has 1 heterocycles. The van der Waals surface area contributed by atoms with Crippen LogP contribution in [0.5, 0.6) is 17.2 Å². The Kier molecular flexibility index (Phi) is 6.50. The molecule has 1 aliphatic rings. The van der Waals surface area contributed by atoms with E-state index in [1.807, 2.05) is 24.3 Å². The van der Waals surface area contributed by atoms with E-state index in [1.165, 1.54) is 26.2 Å². The number of carbonyl (C=O) groups excluding carboxylic acids is 2. The standard InChI is InChI=1S/C20H18INO5S/c1-25-15-9-6-13(17(26-2)18(15)27-3)10-16-19(23)22(20(24)28-16)11-12-4-7-14(21)8-5-12/h4-10H,11H2,1-3H3/b16-10-. The molecule has 6 nitrogen and oxygen atoms in total. The lowest BCUT2D eigenvalue weighted by atomic mass is 10.1. The van der Waals surface area contributed by atoms with Crippen LogP contribution in [0, 0.1) is 3.57 Å². The zero-order valence-electron chi connectivity index (χ0n) is 15.5. The van der Waals surface area contributed by atoms with Gasteiger partial charge in [0, 0.05) is 9.13 Å². The lowest BCUT2D eigenvalue weighted by molar-refractivity contribution is -0.123. The van der Waals surface area contributed by atoms with Gasteiger partial charge in [-0.25, -0.2) is 0 Å². The third kappa shape index (κ3) is 4.12. The summed E-state index contributed by atoms with van der Waals surface area (Å²) in [7, 11) is 4.56. The first-order valence-corrected chi connectivity index (χ1v) is 10.2. The molecule has 3 rings (SSSR count). The molecule has 8 heteroatoms. The summed E-state index contributed by atoms with van der Waals surface area (Å²) < 4.78 is 17.2. The molecule has 2 amide bonds. The largest absolute Gasteiger partial charge is 0.493 e. The van der Waals surface area contributed by atoms with Crippen LogP contribution in [-0.2, 0) is 11.3 Å². The van der Waals surface area contributed by atoms with Crippen LogP contribution >= 0.6 is 34.4 Å². The molecule has 0 unspecified atom stereocenters. The summed E-state index contributed by atoms with van der Waals surface area (Å²) in [6.45, 7) is 0.238. The number of nitrogens with zero attached hydrogens (tertiary/aromatic N) is 1. The SMILES string of the molecule is COc1ccc(/C=C2\SC(=O)N(Cc3ccc(I)cc3)C2=O)c(OC)c1OC. The average Bonchev–Trinajstić information content (AvgIpc) is 2.96. The van der Waals surface area contributed by atoms with Crippen LogP contribution in [0.2, 0.25) is 0 Å². The van der Waals surface area contributed by atoms with Crippen molar-refractivity contribution in [2.75, 3.05) is 21.3 Å². The number of carbonyl (C=O) groups is 2. The molecule has 1 fully saturated rings. The highest BCUT2D eigenvalue weighted by molar-refractivity contribution is 14.1. The van der Waals surface area contributed by atoms with Crippen LogP contribution < -0.4 is 14.2 Å². The maximum absolute atomic E-state index is 12.8. The Labute approximate surface area is 181 Å². The monoisotopic (exact) mass is 511 g/mol. The molecule has 0 aliphatic carbocycles. The quantitative estimate of drug-likeness (QED) is 0.419. The molecule has 0 saturated carbocycles. The second-order valence-electron chi connectivity index (χ2n) is 5.82. The molecule has 1 saturated heterocycles. The van der Waals surface area contributed by atoms with E-state index in [4.69, 9.17) is 14.2 Å². The lowest BCUT2D eigenvalue weighted by Gasteiger charge is -2.14. The topological polar surface area (TPSA) is 65.1 Å². The van der Waals surface area contributed by atoms with Gasteiger partial charge in [-0.1, -0.05) is 12.1 Å². The summed E-state index contributed by atoms with van der Waals surface area (Å²) >= 11 is 3.12. The number of hydrogen-bond acceptors (Lipinski definition) is 6. The molecular weight excluding hydrogens is 493 g/mol. The second kappa shape index (κ2) is 8.87. The maximum atomic E-state index is 12.8. The van der Waals surface area contributed by atoms with Gasteiger partial charge in [0.2, 0.25) is 5.75 Å². The number of methoxy groups -OCH3 is 3. The molecule has 2 aromatic rings. The lowest BCUT2D eigenvalue weighted by Crippen LogP contribution is -2.27. The van der Waals surface area contributed by atoms with Gasteiger partial charge in [-0.3, -0.25) is 14.5 Å². The number of benzene rings is 2. The van der Waals surface area contributed by atoms with Crippen molar-refractivity contribution in [2.45, 2.75) is 6.54 Å². The minimum Gasteiger partial charge on any atom is -0.493 e. The Bertz CT molecular complexity index is 942. The molecule has 2 aromatic carbocycles. The van der Waals surface area contributed by atoms with Crippen LogP contribution in [0.3, 0.4) is 0 Å². The van der Waals surface area contributed by atoms with E-state index >= 15 is 0 Å². The van der Waals surface area contributed by atoms with Crippen LogP contribution in [0.4, 0.5) is 4.79 Å². The van der Waals surface area contributed by atoms with Gasteiger partial charge in [-0.2, -0.15) is 0 Å². The van der Waals surface area contributed by atoms with Crippen molar-refractivity contribution in [1.82, 2.24) is 4.90 Å². The van der Waals surface area contributed by atoms with E-state index in [2.05, 4.69) is 22.6 Å². The van der Waals surface area contributed by atoms with Crippen LogP contribution in [0.1, 0.15) is 11.1 Å². The summed E-state index contributed by atoms with van der Waals surface area (Å²) in [4.78, 5) is 26.7. The Morgan fingerprint density at radius 1 is 0.964 bits per heavy atom. The highest BCUT2D eigenvalue weighted by Gasteiger charge is 2.35. The van der Waals surface area contributed by atoms with Crippen molar-refractivity contribution in [2.24, 2.45) is 0 Å². The van der Waals surface area contributed by atoms with Crippen molar-refractivity contribution in [3.63, 3.8) is 0 Å². The molecule has 0 N–H and O–H groups in total. The molecule has 0 atom stereocenters. The number of rotatable bonds is 6. The van der Waals surface area contributed by atoms with E-state index in [9.17, 15) is 9.59 Å². The third-order valence-electron chi connectivity index (χ3n) is 4.15. The fourth-order valence-electron chi connectivity index (χ4n) is 2.79. The number of halogens is 1. The smallest absolute Gasteiger partial charge is 0.293 e. The second-order valence-corrected chi connectivity index (χ2v) is 8.06. The maximum Gasteiger partial charge on any atom is 0.293 e. The predicted octanol–water partition coefficient (Wildman–Crippen LogP) is 4.55. The minimum absolute atomic E-state index is 0.238. The zero-order valence-corrected chi connectivity index (χ0v) is 18.5. The Balaban J connectivity index is 1.90. The first-order chi connectivity index (χ1) is 13.5. The first-order valence-electron chi connectivity index (χ1n) is 8.27. The van der Waals surface area contributed by atoms with Gasteiger partial charge in [0.05, 0.1) is 32.8 Å². The Hall–Kier alpha value is -2.20. The number of imide groups is 1. The molecule has 146 valence electrons. The number of amides is 2. The summed E-state index contributed by atoms with van der Waals surface area (Å²) in [5.74, 6) is 1.05. The van der Waals surface area contributed by atoms with Gasteiger partial charge in [0.15, 0.2) is 11.5 Å².